The lowest BCUT2D eigenvalue weighted by Gasteiger charge is -2.11. The van der Waals surface area contributed by atoms with Crippen LogP contribution in [-0.4, -0.2) is 34.0 Å². The Bertz CT molecular complexity index is 593. The maximum atomic E-state index is 5.92. The molecule has 5 heteroatoms. The van der Waals surface area contributed by atoms with Crippen LogP contribution in [0.2, 0.25) is 0 Å². The van der Waals surface area contributed by atoms with Crippen molar-refractivity contribution in [2.45, 2.75) is 25.9 Å². The molecule has 20 heavy (non-hydrogen) atoms. The number of benzene rings is 1. The van der Waals surface area contributed by atoms with Gasteiger partial charge in [0.2, 0.25) is 0 Å². The molecule has 1 aromatic carbocycles. The standard InChI is InChI=1S/C15H20N4O/c1-11-3-4-14-12(7-11)8-13(20-14)9-16-6-5-15-17-10-19(2)18-15/h3-4,7,10,13,16H,5-6,8-9H2,1-2H3. The largest absolute Gasteiger partial charge is 0.488 e. The van der Waals surface area contributed by atoms with Crippen molar-refractivity contribution in [1.82, 2.24) is 20.1 Å². The predicted molar refractivity (Wildman–Crippen MR) is 76.9 cm³/mol. The van der Waals surface area contributed by atoms with E-state index in [0.29, 0.717) is 0 Å². The number of aromatic nitrogens is 3. The summed E-state index contributed by atoms with van der Waals surface area (Å²) >= 11 is 0. The third-order valence-corrected chi connectivity index (χ3v) is 3.50. The molecule has 2 aromatic rings. The smallest absolute Gasteiger partial charge is 0.151 e. The van der Waals surface area contributed by atoms with Crippen molar-refractivity contribution in [2.24, 2.45) is 7.05 Å². The summed E-state index contributed by atoms with van der Waals surface area (Å²) in [6.07, 6.45) is 3.81. The van der Waals surface area contributed by atoms with E-state index >= 15 is 0 Å². The van der Waals surface area contributed by atoms with Gasteiger partial charge in [-0.05, 0) is 18.6 Å². The molecule has 0 saturated carbocycles. The van der Waals surface area contributed by atoms with Crippen LogP contribution in [0.5, 0.6) is 5.75 Å². The molecule has 3 rings (SSSR count). The maximum absolute atomic E-state index is 5.92. The van der Waals surface area contributed by atoms with E-state index in [9.17, 15) is 0 Å². The molecule has 0 radical (unpaired) electrons. The van der Waals surface area contributed by atoms with Gasteiger partial charge in [-0.2, -0.15) is 5.10 Å². The number of nitrogens with zero attached hydrogens (tertiary/aromatic N) is 3. The van der Waals surface area contributed by atoms with Crippen molar-refractivity contribution in [3.05, 3.63) is 41.5 Å². The molecule has 2 heterocycles. The predicted octanol–water partition coefficient (Wildman–Crippen LogP) is 1.26. The summed E-state index contributed by atoms with van der Waals surface area (Å²) in [4.78, 5) is 4.21. The van der Waals surface area contributed by atoms with E-state index < -0.39 is 0 Å². The van der Waals surface area contributed by atoms with Gasteiger partial charge in [-0.3, -0.25) is 4.68 Å². The lowest BCUT2D eigenvalue weighted by atomic mass is 10.1. The van der Waals surface area contributed by atoms with Crippen molar-refractivity contribution in [2.75, 3.05) is 13.1 Å². The molecule has 1 unspecified atom stereocenters. The number of ether oxygens (including phenoxy) is 1. The van der Waals surface area contributed by atoms with Crippen LogP contribution in [0.15, 0.2) is 24.5 Å². The van der Waals surface area contributed by atoms with Crippen LogP contribution in [0.1, 0.15) is 17.0 Å². The monoisotopic (exact) mass is 272 g/mol. The highest BCUT2D eigenvalue weighted by atomic mass is 16.5. The number of fused-ring (bicyclic) bond motifs is 1. The third kappa shape index (κ3) is 2.99. The zero-order valence-electron chi connectivity index (χ0n) is 12.0. The van der Waals surface area contributed by atoms with Gasteiger partial charge in [-0.15, -0.1) is 0 Å². The molecule has 1 aliphatic rings. The minimum atomic E-state index is 0.239. The Balaban J connectivity index is 1.42. The summed E-state index contributed by atoms with van der Waals surface area (Å²) in [6, 6.07) is 6.39. The van der Waals surface area contributed by atoms with Crippen molar-refractivity contribution in [3.8, 4) is 5.75 Å². The van der Waals surface area contributed by atoms with E-state index in [4.69, 9.17) is 4.74 Å². The molecule has 1 N–H and O–H groups in total. The van der Waals surface area contributed by atoms with Gasteiger partial charge in [0.05, 0.1) is 0 Å². The molecule has 0 fully saturated rings. The first-order valence-corrected chi connectivity index (χ1v) is 7.02. The van der Waals surface area contributed by atoms with E-state index in [1.165, 1.54) is 11.1 Å². The molecule has 1 atom stereocenters. The minimum Gasteiger partial charge on any atom is -0.488 e. The third-order valence-electron chi connectivity index (χ3n) is 3.50. The first kappa shape index (κ1) is 13.1. The fourth-order valence-corrected chi connectivity index (χ4v) is 2.52. The van der Waals surface area contributed by atoms with Crippen LogP contribution < -0.4 is 10.1 Å². The first-order valence-electron chi connectivity index (χ1n) is 7.02. The second-order valence-electron chi connectivity index (χ2n) is 5.34. The lowest BCUT2D eigenvalue weighted by Crippen LogP contribution is -2.31. The summed E-state index contributed by atoms with van der Waals surface area (Å²) in [5, 5.41) is 7.68. The van der Waals surface area contributed by atoms with Gasteiger partial charge in [-0.25, -0.2) is 4.98 Å². The van der Waals surface area contributed by atoms with Crippen molar-refractivity contribution >= 4 is 0 Å². The Morgan fingerprint density at radius 1 is 1.45 bits per heavy atom. The average molecular weight is 272 g/mol. The molecule has 5 nitrogen and oxygen atoms in total. The SMILES string of the molecule is Cc1ccc2c(c1)CC(CNCCc1ncn(C)n1)O2. The van der Waals surface area contributed by atoms with Crippen molar-refractivity contribution in [1.29, 1.82) is 0 Å². The summed E-state index contributed by atoms with van der Waals surface area (Å²) < 4.78 is 7.65. The van der Waals surface area contributed by atoms with Crippen LogP contribution in [0, 0.1) is 6.92 Å². The van der Waals surface area contributed by atoms with Gasteiger partial charge in [0.25, 0.3) is 0 Å². The van der Waals surface area contributed by atoms with E-state index in [0.717, 1.165) is 37.5 Å². The molecule has 0 saturated heterocycles. The Kier molecular flexibility index (Phi) is 3.69. The number of nitrogens with one attached hydrogen (secondary N) is 1. The minimum absolute atomic E-state index is 0.239. The number of hydrogen-bond donors (Lipinski definition) is 1. The molecule has 1 aromatic heterocycles. The van der Waals surface area contributed by atoms with Gasteiger partial charge in [0.15, 0.2) is 5.82 Å². The number of aryl methyl sites for hydroxylation is 2. The second-order valence-corrected chi connectivity index (χ2v) is 5.34. The molecular formula is C15H20N4O. The second kappa shape index (κ2) is 5.63. The Morgan fingerprint density at radius 2 is 2.35 bits per heavy atom. The number of rotatable bonds is 5. The zero-order chi connectivity index (χ0) is 13.9. The summed E-state index contributed by atoms with van der Waals surface area (Å²) in [5.74, 6) is 1.92. The van der Waals surface area contributed by atoms with Crippen molar-refractivity contribution < 1.29 is 4.74 Å². The van der Waals surface area contributed by atoms with Gasteiger partial charge in [-0.1, -0.05) is 17.7 Å². The average Bonchev–Trinajstić information content (AvgIpc) is 3.00. The fourth-order valence-electron chi connectivity index (χ4n) is 2.52. The Hall–Kier alpha value is -1.88. The zero-order valence-corrected chi connectivity index (χ0v) is 12.0. The highest BCUT2D eigenvalue weighted by Crippen LogP contribution is 2.29. The Morgan fingerprint density at radius 3 is 3.15 bits per heavy atom. The first-order chi connectivity index (χ1) is 9.70. The summed E-state index contributed by atoms with van der Waals surface area (Å²) in [7, 11) is 1.88. The lowest BCUT2D eigenvalue weighted by molar-refractivity contribution is 0.228. The molecule has 106 valence electrons. The van der Waals surface area contributed by atoms with Crippen LogP contribution >= 0.6 is 0 Å². The van der Waals surface area contributed by atoms with Crippen LogP contribution in [0.4, 0.5) is 0 Å². The molecule has 1 aliphatic heterocycles. The molecule has 0 amide bonds. The molecular weight excluding hydrogens is 252 g/mol. The van der Waals surface area contributed by atoms with Gasteiger partial charge in [0, 0.05) is 33.0 Å². The van der Waals surface area contributed by atoms with Crippen LogP contribution in [0.3, 0.4) is 0 Å². The van der Waals surface area contributed by atoms with E-state index in [-0.39, 0.29) is 6.10 Å². The van der Waals surface area contributed by atoms with E-state index in [1.807, 2.05) is 7.05 Å². The van der Waals surface area contributed by atoms with Gasteiger partial charge >= 0.3 is 0 Å². The molecule has 0 aliphatic carbocycles. The molecule has 0 spiro atoms. The Labute approximate surface area is 119 Å². The van der Waals surface area contributed by atoms with Gasteiger partial charge < -0.3 is 10.1 Å². The van der Waals surface area contributed by atoms with E-state index in [2.05, 4.69) is 40.5 Å². The van der Waals surface area contributed by atoms with Crippen LogP contribution in [-0.2, 0) is 19.9 Å². The summed E-state index contributed by atoms with van der Waals surface area (Å²) in [6.45, 7) is 3.85. The number of hydrogen-bond acceptors (Lipinski definition) is 4. The highest BCUT2D eigenvalue weighted by Gasteiger charge is 2.22. The maximum Gasteiger partial charge on any atom is 0.151 e. The fraction of sp³-hybridized carbons (Fsp3) is 0.467. The van der Waals surface area contributed by atoms with Gasteiger partial charge in [0.1, 0.15) is 18.2 Å². The highest BCUT2D eigenvalue weighted by molar-refractivity contribution is 5.40. The quantitative estimate of drug-likeness (QED) is 0.833. The normalized spacial score (nSPS) is 17.0. The molecule has 0 bridgehead atoms. The summed E-state index contributed by atoms with van der Waals surface area (Å²) in [5.41, 5.74) is 2.62. The van der Waals surface area contributed by atoms with E-state index in [1.54, 1.807) is 11.0 Å². The topological polar surface area (TPSA) is 52.0 Å². The van der Waals surface area contributed by atoms with Crippen LogP contribution in [0.25, 0.3) is 0 Å². The van der Waals surface area contributed by atoms with Crippen molar-refractivity contribution in [3.63, 3.8) is 0 Å².